The van der Waals surface area contributed by atoms with E-state index in [1.807, 2.05) is 12.1 Å². The summed E-state index contributed by atoms with van der Waals surface area (Å²) in [6.45, 7) is 4.21. The summed E-state index contributed by atoms with van der Waals surface area (Å²) >= 11 is 8.02. The van der Waals surface area contributed by atoms with E-state index < -0.39 is 0 Å². The van der Waals surface area contributed by atoms with Crippen LogP contribution in [0.4, 0.5) is 0 Å². The number of nitrogens with one attached hydrogen (secondary N) is 1. The van der Waals surface area contributed by atoms with Crippen LogP contribution < -0.4 is 5.73 Å². The number of aryl methyl sites for hydroxylation is 2. The van der Waals surface area contributed by atoms with E-state index in [1.54, 1.807) is 17.8 Å². The van der Waals surface area contributed by atoms with Crippen LogP contribution in [0.15, 0.2) is 41.3 Å². The molecule has 0 aromatic heterocycles. The van der Waals surface area contributed by atoms with Gasteiger partial charge in [0.15, 0.2) is 0 Å². The molecule has 104 valence electrons. The second kappa shape index (κ2) is 6.33. The zero-order chi connectivity index (χ0) is 14.7. The molecule has 0 saturated carbocycles. The third-order valence-corrected chi connectivity index (χ3v) is 4.65. The molecule has 0 heterocycles. The highest BCUT2D eigenvalue weighted by Gasteiger charge is 2.06. The van der Waals surface area contributed by atoms with Crippen molar-refractivity contribution in [2.24, 2.45) is 5.73 Å². The van der Waals surface area contributed by atoms with Crippen LogP contribution in [-0.2, 0) is 5.75 Å². The Morgan fingerprint density at radius 2 is 1.95 bits per heavy atom. The number of halogens is 1. The van der Waals surface area contributed by atoms with Crippen LogP contribution in [0.3, 0.4) is 0 Å². The van der Waals surface area contributed by atoms with Gasteiger partial charge in [0.1, 0.15) is 5.84 Å². The van der Waals surface area contributed by atoms with Crippen molar-refractivity contribution in [2.75, 3.05) is 0 Å². The van der Waals surface area contributed by atoms with Crippen LogP contribution in [-0.4, -0.2) is 5.84 Å². The van der Waals surface area contributed by atoms with E-state index in [9.17, 15) is 0 Å². The Balaban J connectivity index is 2.15. The van der Waals surface area contributed by atoms with Gasteiger partial charge in [0.2, 0.25) is 0 Å². The molecule has 4 heteroatoms. The van der Waals surface area contributed by atoms with E-state index in [0.29, 0.717) is 10.6 Å². The maximum absolute atomic E-state index is 7.40. The molecule has 0 bridgehead atoms. The smallest absolute Gasteiger partial charge is 0.122 e. The second-order valence-corrected chi connectivity index (χ2v) is 6.20. The lowest BCUT2D eigenvalue weighted by molar-refractivity contribution is 1.25. The molecule has 2 aromatic rings. The maximum Gasteiger partial charge on any atom is 0.122 e. The lowest BCUT2D eigenvalue weighted by atomic mass is 10.1. The van der Waals surface area contributed by atoms with Crippen molar-refractivity contribution in [1.29, 1.82) is 5.41 Å². The molecular formula is C16H17ClN2S. The predicted molar refractivity (Wildman–Crippen MR) is 87.9 cm³/mol. The summed E-state index contributed by atoms with van der Waals surface area (Å²) in [7, 11) is 0. The molecule has 3 N–H and O–H groups in total. The topological polar surface area (TPSA) is 49.9 Å². The van der Waals surface area contributed by atoms with Crippen LogP contribution in [0.5, 0.6) is 0 Å². The van der Waals surface area contributed by atoms with Gasteiger partial charge in [0, 0.05) is 21.2 Å². The molecule has 0 fully saturated rings. The second-order valence-electron chi connectivity index (χ2n) is 4.78. The Hall–Kier alpha value is -1.45. The summed E-state index contributed by atoms with van der Waals surface area (Å²) < 4.78 is 0. The summed E-state index contributed by atoms with van der Waals surface area (Å²) in [5, 5.41) is 8.07. The average Bonchev–Trinajstić information content (AvgIpc) is 2.40. The van der Waals surface area contributed by atoms with Gasteiger partial charge >= 0.3 is 0 Å². The van der Waals surface area contributed by atoms with Gasteiger partial charge in [-0.3, -0.25) is 5.41 Å². The van der Waals surface area contributed by atoms with E-state index in [2.05, 4.69) is 32.0 Å². The molecule has 0 aliphatic heterocycles. The van der Waals surface area contributed by atoms with Gasteiger partial charge < -0.3 is 5.73 Å². The fraction of sp³-hybridized carbons (Fsp3) is 0.188. The minimum absolute atomic E-state index is 0.0423. The largest absolute Gasteiger partial charge is 0.384 e. The van der Waals surface area contributed by atoms with E-state index in [4.69, 9.17) is 22.7 Å². The molecule has 2 nitrogen and oxygen atoms in total. The van der Waals surface area contributed by atoms with E-state index in [1.165, 1.54) is 16.0 Å². The lowest BCUT2D eigenvalue weighted by Gasteiger charge is -2.09. The Labute approximate surface area is 128 Å². The number of nitrogens with two attached hydrogens (primary N) is 1. The number of amidine groups is 1. The first-order valence-electron chi connectivity index (χ1n) is 6.30. The molecule has 0 unspecified atom stereocenters. The van der Waals surface area contributed by atoms with Crippen molar-refractivity contribution in [3.63, 3.8) is 0 Å². The SMILES string of the molecule is Cc1ccc(C)c(SCc2ccc(C(=N)N)cc2Cl)c1. The van der Waals surface area contributed by atoms with Crippen LogP contribution in [0.1, 0.15) is 22.3 Å². The molecule has 0 saturated heterocycles. The van der Waals surface area contributed by atoms with Gasteiger partial charge in [-0.25, -0.2) is 0 Å². The first-order chi connectivity index (χ1) is 9.47. The molecule has 0 amide bonds. The number of rotatable bonds is 4. The summed E-state index contributed by atoms with van der Waals surface area (Å²) in [5.41, 5.74) is 9.71. The van der Waals surface area contributed by atoms with Crippen molar-refractivity contribution < 1.29 is 0 Å². The fourth-order valence-corrected chi connectivity index (χ4v) is 3.30. The third kappa shape index (κ3) is 3.56. The molecule has 0 radical (unpaired) electrons. The highest BCUT2D eigenvalue weighted by atomic mass is 35.5. The van der Waals surface area contributed by atoms with Gasteiger partial charge in [-0.2, -0.15) is 0 Å². The van der Waals surface area contributed by atoms with Crippen LogP contribution in [0.25, 0.3) is 0 Å². The quantitative estimate of drug-likeness (QED) is 0.495. The number of thioether (sulfide) groups is 1. The van der Waals surface area contributed by atoms with E-state index in [-0.39, 0.29) is 5.84 Å². The molecule has 20 heavy (non-hydrogen) atoms. The normalized spacial score (nSPS) is 10.6. The number of benzene rings is 2. The zero-order valence-electron chi connectivity index (χ0n) is 11.5. The Bertz CT molecular complexity index is 653. The molecule has 0 aliphatic rings. The standard InChI is InChI=1S/C16H17ClN2S/c1-10-3-4-11(2)15(7-10)20-9-13-6-5-12(16(18)19)8-14(13)17/h3-8H,9H2,1-2H3,(H3,18,19). The molecule has 0 atom stereocenters. The summed E-state index contributed by atoms with van der Waals surface area (Å²) in [6, 6.07) is 12.0. The maximum atomic E-state index is 7.40. The van der Waals surface area contributed by atoms with Crippen LogP contribution in [0, 0.1) is 19.3 Å². The minimum Gasteiger partial charge on any atom is -0.384 e. The van der Waals surface area contributed by atoms with E-state index >= 15 is 0 Å². The first kappa shape index (κ1) is 14.9. The summed E-state index contributed by atoms with van der Waals surface area (Å²) in [4.78, 5) is 1.27. The zero-order valence-corrected chi connectivity index (χ0v) is 13.1. The average molecular weight is 305 g/mol. The highest BCUT2D eigenvalue weighted by molar-refractivity contribution is 7.98. The first-order valence-corrected chi connectivity index (χ1v) is 7.66. The number of hydrogen-bond donors (Lipinski definition) is 2. The van der Waals surface area contributed by atoms with Crippen molar-refractivity contribution >= 4 is 29.2 Å². The number of hydrogen-bond acceptors (Lipinski definition) is 2. The van der Waals surface area contributed by atoms with Gasteiger partial charge in [0.05, 0.1) is 0 Å². The third-order valence-electron chi connectivity index (χ3n) is 3.09. The van der Waals surface area contributed by atoms with Gasteiger partial charge in [-0.05, 0) is 37.1 Å². The molecule has 2 rings (SSSR count). The van der Waals surface area contributed by atoms with Crippen molar-refractivity contribution in [3.05, 3.63) is 63.7 Å². The Kier molecular flexibility index (Phi) is 4.73. The van der Waals surface area contributed by atoms with Crippen LogP contribution in [0.2, 0.25) is 5.02 Å². The molecule has 0 spiro atoms. The lowest BCUT2D eigenvalue weighted by Crippen LogP contribution is -2.10. The molecule has 2 aromatic carbocycles. The van der Waals surface area contributed by atoms with E-state index in [0.717, 1.165) is 11.3 Å². The van der Waals surface area contributed by atoms with Crippen molar-refractivity contribution in [1.82, 2.24) is 0 Å². The predicted octanol–water partition coefficient (Wildman–Crippen LogP) is 4.53. The Morgan fingerprint density at radius 1 is 1.20 bits per heavy atom. The van der Waals surface area contributed by atoms with Gasteiger partial charge in [-0.1, -0.05) is 41.4 Å². The molecular weight excluding hydrogens is 288 g/mol. The molecule has 0 aliphatic carbocycles. The van der Waals surface area contributed by atoms with Crippen molar-refractivity contribution in [3.8, 4) is 0 Å². The Morgan fingerprint density at radius 3 is 2.60 bits per heavy atom. The van der Waals surface area contributed by atoms with Crippen molar-refractivity contribution in [2.45, 2.75) is 24.5 Å². The summed E-state index contributed by atoms with van der Waals surface area (Å²) in [5.74, 6) is 0.849. The minimum atomic E-state index is 0.0423. The monoisotopic (exact) mass is 304 g/mol. The fourth-order valence-electron chi connectivity index (χ4n) is 1.85. The highest BCUT2D eigenvalue weighted by Crippen LogP contribution is 2.30. The van der Waals surface area contributed by atoms with Crippen LogP contribution >= 0.6 is 23.4 Å². The summed E-state index contributed by atoms with van der Waals surface area (Å²) in [6.07, 6.45) is 0. The van der Waals surface area contributed by atoms with Gasteiger partial charge in [-0.15, -0.1) is 11.8 Å². The van der Waals surface area contributed by atoms with Gasteiger partial charge in [0.25, 0.3) is 0 Å². The number of nitrogen functional groups attached to an aromatic ring is 1.